The molecule has 3 nitrogen and oxygen atoms in total. The van der Waals surface area contributed by atoms with Gasteiger partial charge in [-0.3, -0.25) is 4.79 Å². The normalized spacial score (nSPS) is 10.7. The first-order valence-electron chi connectivity index (χ1n) is 12.4. The van der Waals surface area contributed by atoms with Gasteiger partial charge in [0.25, 0.3) is 0 Å². The van der Waals surface area contributed by atoms with E-state index >= 15 is 0 Å². The highest BCUT2D eigenvalue weighted by Gasteiger charge is 2.10. The summed E-state index contributed by atoms with van der Waals surface area (Å²) < 4.78 is 5.83. The van der Waals surface area contributed by atoms with Gasteiger partial charge in [-0.1, -0.05) is 81.8 Å². The van der Waals surface area contributed by atoms with Crippen LogP contribution in [0.3, 0.4) is 0 Å². The average molecular weight is 456 g/mol. The largest absolute Gasteiger partial charge is 0.492 e. The highest BCUT2D eigenvalue weighted by atomic mass is 16.5. The summed E-state index contributed by atoms with van der Waals surface area (Å²) in [5, 5.41) is 2.73. The van der Waals surface area contributed by atoms with Crippen LogP contribution in [0, 0.1) is 6.92 Å². The summed E-state index contributed by atoms with van der Waals surface area (Å²) in [6.07, 6.45) is 7.16. The van der Waals surface area contributed by atoms with Gasteiger partial charge in [0.15, 0.2) is 0 Å². The van der Waals surface area contributed by atoms with E-state index in [1.807, 2.05) is 6.07 Å². The highest BCUT2D eigenvalue weighted by Crippen LogP contribution is 2.33. The second kappa shape index (κ2) is 12.8. The molecule has 0 radical (unpaired) electrons. The van der Waals surface area contributed by atoms with Crippen LogP contribution in [0.15, 0.2) is 73.3 Å². The lowest BCUT2D eigenvalue weighted by molar-refractivity contribution is -0.116. The van der Waals surface area contributed by atoms with E-state index in [2.05, 4.69) is 87.3 Å². The van der Waals surface area contributed by atoms with Gasteiger partial charge in [0.05, 0.1) is 6.54 Å². The summed E-state index contributed by atoms with van der Waals surface area (Å²) in [5.74, 6) is 0.636. The Hall–Kier alpha value is -3.33. The maximum absolute atomic E-state index is 11.3. The Morgan fingerprint density at radius 1 is 0.941 bits per heavy atom. The fraction of sp³-hybridized carbons (Fsp3) is 0.323. The summed E-state index contributed by atoms with van der Waals surface area (Å²) >= 11 is 0. The second-order valence-corrected chi connectivity index (χ2v) is 8.70. The van der Waals surface area contributed by atoms with E-state index in [1.54, 1.807) is 0 Å². The molecule has 0 saturated heterocycles. The maximum atomic E-state index is 11.3. The summed E-state index contributed by atoms with van der Waals surface area (Å²) in [7, 11) is 0. The first-order valence-corrected chi connectivity index (χ1v) is 12.4. The third kappa shape index (κ3) is 6.84. The molecule has 3 aromatic carbocycles. The molecule has 34 heavy (non-hydrogen) atoms. The Morgan fingerprint density at radius 3 is 2.35 bits per heavy atom. The molecule has 0 saturated carbocycles. The molecule has 0 heterocycles. The lowest BCUT2D eigenvalue weighted by Gasteiger charge is -2.15. The minimum atomic E-state index is -0.185. The van der Waals surface area contributed by atoms with Crippen LogP contribution < -0.4 is 10.1 Å². The van der Waals surface area contributed by atoms with E-state index in [9.17, 15) is 4.79 Å². The molecule has 0 aliphatic carbocycles. The number of unbranched alkanes of at least 4 members (excludes halogenated alkanes) is 2. The Bertz CT molecular complexity index is 1100. The Labute approximate surface area is 204 Å². The number of hydrogen-bond acceptors (Lipinski definition) is 2. The summed E-state index contributed by atoms with van der Waals surface area (Å²) in [5.41, 5.74) is 8.94. The standard InChI is InChI=1S/C31H37NO2/c1-5-8-9-10-24-11-13-26(14-12-24)27-15-17-29(23(4)21-27)30-18-16-28(22-25(30)6-2)34-20-19-32-31(33)7-3/h7,11-18,21-22H,3,5-6,8-10,19-20H2,1-2,4H3,(H,32,33). The quantitative estimate of drug-likeness (QED) is 0.230. The number of carbonyl (C=O) groups excluding carboxylic acids is 1. The van der Waals surface area contributed by atoms with Gasteiger partial charge in [-0.05, 0) is 83.3 Å². The van der Waals surface area contributed by atoms with Crippen molar-refractivity contribution in [1.29, 1.82) is 0 Å². The lowest BCUT2D eigenvalue weighted by atomic mass is 9.92. The molecule has 178 valence electrons. The van der Waals surface area contributed by atoms with E-state index < -0.39 is 0 Å². The van der Waals surface area contributed by atoms with Gasteiger partial charge in [0, 0.05) is 0 Å². The Kier molecular flexibility index (Phi) is 9.51. The fourth-order valence-corrected chi connectivity index (χ4v) is 4.22. The zero-order valence-electron chi connectivity index (χ0n) is 20.8. The van der Waals surface area contributed by atoms with E-state index in [4.69, 9.17) is 4.74 Å². The number of benzene rings is 3. The van der Waals surface area contributed by atoms with E-state index in [-0.39, 0.29) is 5.91 Å². The molecule has 0 spiro atoms. The van der Waals surface area contributed by atoms with Crippen molar-refractivity contribution in [3.8, 4) is 28.0 Å². The molecule has 0 atom stereocenters. The Morgan fingerprint density at radius 2 is 1.68 bits per heavy atom. The molecule has 0 unspecified atom stereocenters. The Balaban J connectivity index is 1.72. The van der Waals surface area contributed by atoms with Crippen LogP contribution in [0.4, 0.5) is 0 Å². The number of hydrogen-bond donors (Lipinski definition) is 1. The predicted octanol–water partition coefficient (Wildman–Crippen LogP) is 7.31. The summed E-state index contributed by atoms with van der Waals surface area (Å²) in [6.45, 7) is 10.9. The van der Waals surface area contributed by atoms with Gasteiger partial charge in [-0.25, -0.2) is 0 Å². The van der Waals surface area contributed by atoms with Crippen molar-refractivity contribution in [2.45, 2.75) is 52.9 Å². The number of nitrogens with one attached hydrogen (secondary N) is 1. The van der Waals surface area contributed by atoms with Gasteiger partial charge >= 0.3 is 0 Å². The highest BCUT2D eigenvalue weighted by molar-refractivity contribution is 5.86. The lowest BCUT2D eigenvalue weighted by Crippen LogP contribution is -2.26. The van der Waals surface area contributed by atoms with Crippen molar-refractivity contribution in [3.05, 3.63) is 90.0 Å². The van der Waals surface area contributed by atoms with E-state index in [0.717, 1.165) is 18.6 Å². The van der Waals surface area contributed by atoms with E-state index in [0.29, 0.717) is 13.2 Å². The molecule has 0 aromatic heterocycles. The average Bonchev–Trinajstić information content (AvgIpc) is 2.87. The number of ether oxygens (including phenoxy) is 1. The third-order valence-electron chi connectivity index (χ3n) is 6.19. The summed E-state index contributed by atoms with van der Waals surface area (Å²) in [4.78, 5) is 11.3. The van der Waals surface area contributed by atoms with Gasteiger partial charge in [0.1, 0.15) is 12.4 Å². The van der Waals surface area contributed by atoms with Gasteiger partial charge in [-0.2, -0.15) is 0 Å². The molecule has 0 aliphatic heterocycles. The molecule has 3 heteroatoms. The zero-order valence-corrected chi connectivity index (χ0v) is 20.8. The van der Waals surface area contributed by atoms with Crippen LogP contribution in [-0.4, -0.2) is 19.1 Å². The zero-order chi connectivity index (χ0) is 24.3. The van der Waals surface area contributed by atoms with Crippen LogP contribution in [0.25, 0.3) is 22.3 Å². The first kappa shape index (κ1) is 25.3. The van der Waals surface area contributed by atoms with Crippen LogP contribution in [-0.2, 0) is 17.6 Å². The molecular formula is C31H37NO2. The number of aryl methyl sites for hydroxylation is 3. The second-order valence-electron chi connectivity index (χ2n) is 8.70. The van der Waals surface area contributed by atoms with E-state index in [1.165, 1.54) is 64.3 Å². The van der Waals surface area contributed by atoms with Crippen molar-refractivity contribution < 1.29 is 9.53 Å². The van der Waals surface area contributed by atoms with Crippen LogP contribution in [0.5, 0.6) is 5.75 Å². The maximum Gasteiger partial charge on any atom is 0.243 e. The minimum absolute atomic E-state index is 0.185. The summed E-state index contributed by atoms with van der Waals surface area (Å²) in [6, 6.07) is 22.0. The molecule has 0 bridgehead atoms. The smallest absolute Gasteiger partial charge is 0.243 e. The number of rotatable bonds is 12. The van der Waals surface area contributed by atoms with Gasteiger partial charge in [0.2, 0.25) is 5.91 Å². The topological polar surface area (TPSA) is 38.3 Å². The molecule has 0 aliphatic rings. The van der Waals surface area contributed by atoms with Crippen LogP contribution in [0.1, 0.15) is 49.8 Å². The molecule has 1 amide bonds. The molecular weight excluding hydrogens is 418 g/mol. The van der Waals surface area contributed by atoms with Crippen molar-refractivity contribution >= 4 is 5.91 Å². The first-order chi connectivity index (χ1) is 16.5. The fourth-order valence-electron chi connectivity index (χ4n) is 4.22. The molecule has 1 N–H and O–H groups in total. The molecule has 3 rings (SSSR count). The predicted molar refractivity (Wildman–Crippen MR) is 143 cm³/mol. The van der Waals surface area contributed by atoms with Gasteiger partial charge < -0.3 is 10.1 Å². The van der Waals surface area contributed by atoms with Gasteiger partial charge in [-0.15, -0.1) is 0 Å². The van der Waals surface area contributed by atoms with Crippen molar-refractivity contribution in [3.63, 3.8) is 0 Å². The van der Waals surface area contributed by atoms with Crippen LogP contribution >= 0.6 is 0 Å². The molecule has 0 fully saturated rings. The minimum Gasteiger partial charge on any atom is -0.492 e. The number of carbonyl (C=O) groups is 1. The third-order valence-corrected chi connectivity index (χ3v) is 6.19. The van der Waals surface area contributed by atoms with Crippen molar-refractivity contribution in [2.24, 2.45) is 0 Å². The van der Waals surface area contributed by atoms with Crippen molar-refractivity contribution in [1.82, 2.24) is 5.32 Å². The van der Waals surface area contributed by atoms with Crippen LogP contribution in [0.2, 0.25) is 0 Å². The number of amides is 1. The SMILES string of the molecule is C=CC(=O)NCCOc1ccc(-c2ccc(-c3ccc(CCCCC)cc3)cc2C)c(CC)c1. The van der Waals surface area contributed by atoms with Crippen molar-refractivity contribution in [2.75, 3.05) is 13.2 Å². The monoisotopic (exact) mass is 455 g/mol. The molecule has 3 aromatic rings.